The third kappa shape index (κ3) is 2.20. The Balaban J connectivity index is 2.03. The minimum atomic E-state index is 0.579. The van der Waals surface area contributed by atoms with Crippen LogP contribution in [0.3, 0.4) is 0 Å². The molecule has 0 fully saturated rings. The summed E-state index contributed by atoms with van der Waals surface area (Å²) in [5, 5.41) is 12.5. The molecule has 0 saturated carbocycles. The van der Waals surface area contributed by atoms with Gasteiger partial charge in [0.15, 0.2) is 5.76 Å². The minimum absolute atomic E-state index is 0.579. The zero-order valence-electron chi connectivity index (χ0n) is 7.43. The summed E-state index contributed by atoms with van der Waals surface area (Å²) in [4.78, 5) is 0. The molecule has 6 heteroatoms. The number of aryl methyl sites for hydroxylation is 1. The maximum atomic E-state index is 4.96. The van der Waals surface area contributed by atoms with Gasteiger partial charge in [-0.05, 0) is 0 Å². The highest BCUT2D eigenvalue weighted by Crippen LogP contribution is 2.02. The van der Waals surface area contributed by atoms with Crippen LogP contribution in [-0.2, 0) is 13.0 Å². The molecule has 2 heterocycles. The fraction of sp³-hybridized carbons (Fsp3) is 0.375. The lowest BCUT2D eigenvalue weighted by Gasteiger charge is -1.92. The molecule has 0 spiro atoms. The van der Waals surface area contributed by atoms with E-state index in [0.717, 1.165) is 23.2 Å². The molecule has 0 N–H and O–H groups in total. The van der Waals surface area contributed by atoms with Gasteiger partial charge in [0.2, 0.25) is 0 Å². The van der Waals surface area contributed by atoms with Crippen molar-refractivity contribution in [2.24, 2.45) is 0 Å². The van der Waals surface area contributed by atoms with Gasteiger partial charge >= 0.3 is 0 Å². The van der Waals surface area contributed by atoms with Gasteiger partial charge in [-0.1, -0.05) is 26.3 Å². The van der Waals surface area contributed by atoms with Gasteiger partial charge in [-0.3, -0.25) is 0 Å². The number of nitrogens with zero attached hydrogens (tertiary/aromatic N) is 4. The largest absolute Gasteiger partial charge is 0.359 e. The first-order chi connectivity index (χ1) is 6.88. The Hall–Kier alpha value is -1.17. The molecular weight excluding hydrogens is 248 g/mol. The molecule has 0 saturated heterocycles. The fourth-order valence-electron chi connectivity index (χ4n) is 1.11. The van der Waals surface area contributed by atoms with Gasteiger partial charge in [-0.2, -0.15) is 0 Å². The first kappa shape index (κ1) is 9.39. The second-order valence-electron chi connectivity index (χ2n) is 2.83. The van der Waals surface area contributed by atoms with Crippen molar-refractivity contribution in [3.63, 3.8) is 0 Å². The van der Waals surface area contributed by atoms with E-state index in [1.807, 2.05) is 12.3 Å². The van der Waals surface area contributed by atoms with Crippen molar-refractivity contribution in [3.8, 4) is 0 Å². The lowest BCUT2D eigenvalue weighted by atomic mass is 10.4. The molecule has 0 bridgehead atoms. The predicted octanol–water partition coefficient (Wildman–Crippen LogP) is 1.25. The van der Waals surface area contributed by atoms with Crippen molar-refractivity contribution < 1.29 is 4.52 Å². The number of hydrogen-bond donors (Lipinski definition) is 0. The maximum Gasteiger partial charge on any atom is 0.158 e. The highest BCUT2D eigenvalue weighted by molar-refractivity contribution is 9.09. The summed E-state index contributed by atoms with van der Waals surface area (Å²) in [7, 11) is 0. The molecule has 2 rings (SSSR count). The topological polar surface area (TPSA) is 56.7 Å². The van der Waals surface area contributed by atoms with Gasteiger partial charge in [0.05, 0.1) is 11.9 Å². The Morgan fingerprint density at radius 2 is 2.43 bits per heavy atom. The van der Waals surface area contributed by atoms with E-state index in [1.165, 1.54) is 0 Å². The lowest BCUT2D eigenvalue weighted by molar-refractivity contribution is 0.370. The fourth-order valence-corrected chi connectivity index (χ4v) is 1.52. The molecule has 0 radical (unpaired) electrons. The third-order valence-electron chi connectivity index (χ3n) is 1.75. The number of aromatic nitrogens is 4. The molecule has 2 aromatic heterocycles. The highest BCUT2D eigenvalue weighted by atomic mass is 79.9. The number of hydrogen-bond acceptors (Lipinski definition) is 4. The van der Waals surface area contributed by atoms with Gasteiger partial charge in [0.1, 0.15) is 6.54 Å². The van der Waals surface area contributed by atoms with Crippen LogP contribution in [0.15, 0.2) is 23.0 Å². The van der Waals surface area contributed by atoms with E-state index in [4.69, 9.17) is 4.52 Å². The van der Waals surface area contributed by atoms with E-state index >= 15 is 0 Å². The molecule has 14 heavy (non-hydrogen) atoms. The van der Waals surface area contributed by atoms with Crippen molar-refractivity contribution >= 4 is 15.9 Å². The summed E-state index contributed by atoms with van der Waals surface area (Å²) in [6.07, 6.45) is 4.41. The van der Waals surface area contributed by atoms with Crippen LogP contribution < -0.4 is 0 Å². The number of alkyl halides is 1. The SMILES string of the molecule is BrCCc1cn(Cc2ccno2)nn1. The second kappa shape index (κ2) is 4.36. The Morgan fingerprint density at radius 1 is 1.50 bits per heavy atom. The predicted molar refractivity (Wildman–Crippen MR) is 53.1 cm³/mol. The van der Waals surface area contributed by atoms with Crippen molar-refractivity contribution in [3.05, 3.63) is 29.9 Å². The van der Waals surface area contributed by atoms with Crippen LogP contribution in [0.4, 0.5) is 0 Å². The Kier molecular flexibility index (Phi) is 2.93. The van der Waals surface area contributed by atoms with Crippen LogP contribution in [0.25, 0.3) is 0 Å². The average molecular weight is 257 g/mol. The zero-order chi connectivity index (χ0) is 9.80. The monoisotopic (exact) mass is 256 g/mol. The van der Waals surface area contributed by atoms with Gasteiger partial charge in [0.25, 0.3) is 0 Å². The van der Waals surface area contributed by atoms with Crippen molar-refractivity contribution in [2.45, 2.75) is 13.0 Å². The van der Waals surface area contributed by atoms with E-state index in [1.54, 1.807) is 10.9 Å². The third-order valence-corrected chi connectivity index (χ3v) is 2.14. The van der Waals surface area contributed by atoms with Crippen LogP contribution in [0.5, 0.6) is 0 Å². The first-order valence-corrected chi connectivity index (χ1v) is 5.35. The molecule has 0 aliphatic carbocycles. The molecule has 0 amide bonds. The maximum absolute atomic E-state index is 4.96. The van der Waals surface area contributed by atoms with E-state index < -0.39 is 0 Å². The van der Waals surface area contributed by atoms with Crippen molar-refractivity contribution in [2.75, 3.05) is 5.33 Å². The normalized spacial score (nSPS) is 10.6. The Bertz CT molecular complexity index is 384. The Morgan fingerprint density at radius 3 is 3.14 bits per heavy atom. The van der Waals surface area contributed by atoms with E-state index in [0.29, 0.717) is 6.54 Å². The molecule has 5 nitrogen and oxygen atoms in total. The quantitative estimate of drug-likeness (QED) is 0.773. The molecule has 0 aliphatic rings. The van der Waals surface area contributed by atoms with Crippen molar-refractivity contribution in [1.82, 2.24) is 20.2 Å². The summed E-state index contributed by atoms with van der Waals surface area (Å²) in [5.74, 6) is 0.778. The molecule has 74 valence electrons. The van der Waals surface area contributed by atoms with Crippen LogP contribution in [0, 0.1) is 0 Å². The minimum Gasteiger partial charge on any atom is -0.359 e. The Labute approximate surface area is 89.2 Å². The van der Waals surface area contributed by atoms with E-state index in [9.17, 15) is 0 Å². The smallest absolute Gasteiger partial charge is 0.158 e. The van der Waals surface area contributed by atoms with Crippen LogP contribution >= 0.6 is 15.9 Å². The molecule has 2 aromatic rings. The van der Waals surface area contributed by atoms with Crippen LogP contribution in [-0.4, -0.2) is 25.5 Å². The van der Waals surface area contributed by atoms with Gasteiger partial charge in [-0.15, -0.1) is 5.10 Å². The number of rotatable bonds is 4. The summed E-state index contributed by atoms with van der Waals surface area (Å²) in [6.45, 7) is 0.579. The molecule has 0 atom stereocenters. The highest BCUT2D eigenvalue weighted by Gasteiger charge is 2.02. The van der Waals surface area contributed by atoms with Crippen LogP contribution in [0.2, 0.25) is 0 Å². The summed E-state index contributed by atoms with van der Waals surface area (Å²) < 4.78 is 6.69. The van der Waals surface area contributed by atoms with Gasteiger partial charge in [0, 0.05) is 24.0 Å². The second-order valence-corrected chi connectivity index (χ2v) is 3.62. The van der Waals surface area contributed by atoms with Crippen molar-refractivity contribution in [1.29, 1.82) is 0 Å². The summed E-state index contributed by atoms with van der Waals surface area (Å²) in [6, 6.07) is 1.81. The summed E-state index contributed by atoms with van der Waals surface area (Å²) >= 11 is 3.35. The standard InChI is InChI=1S/C8H9BrN4O/c9-3-1-7-5-13(12-11-7)6-8-2-4-10-14-8/h2,4-5H,1,3,6H2. The lowest BCUT2D eigenvalue weighted by Crippen LogP contribution is -1.98. The average Bonchev–Trinajstić information content (AvgIpc) is 2.79. The number of halogens is 1. The van der Waals surface area contributed by atoms with E-state index in [-0.39, 0.29) is 0 Å². The van der Waals surface area contributed by atoms with Gasteiger partial charge < -0.3 is 4.52 Å². The molecular formula is C8H9BrN4O. The van der Waals surface area contributed by atoms with E-state index in [2.05, 4.69) is 31.4 Å². The van der Waals surface area contributed by atoms with Crippen LogP contribution in [0.1, 0.15) is 11.5 Å². The molecule has 0 aliphatic heterocycles. The first-order valence-electron chi connectivity index (χ1n) is 4.23. The molecule has 0 aromatic carbocycles. The zero-order valence-corrected chi connectivity index (χ0v) is 9.01. The molecule has 0 unspecified atom stereocenters. The summed E-state index contributed by atoms with van der Waals surface area (Å²) in [5.41, 5.74) is 0.974. The van der Waals surface area contributed by atoms with Gasteiger partial charge in [-0.25, -0.2) is 4.68 Å².